The Morgan fingerprint density at radius 3 is 2.31 bits per heavy atom. The van der Waals surface area contributed by atoms with Crippen LogP contribution in [0.15, 0.2) is 48.5 Å². The molecule has 0 amide bonds. The first kappa shape index (κ1) is 16.7. The van der Waals surface area contributed by atoms with Gasteiger partial charge in [-0.05, 0) is 62.6 Å². The van der Waals surface area contributed by atoms with Crippen molar-refractivity contribution in [2.45, 2.75) is 43.4 Å². The first-order valence-electron chi connectivity index (χ1n) is 10.1. The lowest BCUT2D eigenvalue weighted by molar-refractivity contribution is 0.0693. The maximum absolute atomic E-state index is 6.16. The van der Waals surface area contributed by atoms with Gasteiger partial charge >= 0.3 is 0 Å². The van der Waals surface area contributed by atoms with Gasteiger partial charge in [0.15, 0.2) is 0 Å². The van der Waals surface area contributed by atoms with Crippen molar-refractivity contribution < 1.29 is 4.74 Å². The third-order valence-electron chi connectivity index (χ3n) is 6.33. The van der Waals surface area contributed by atoms with Crippen molar-refractivity contribution in [2.24, 2.45) is 5.92 Å². The highest BCUT2D eigenvalue weighted by molar-refractivity contribution is 7.99. The molecule has 2 nitrogen and oxygen atoms in total. The van der Waals surface area contributed by atoms with Crippen molar-refractivity contribution in [3.8, 4) is 11.5 Å². The monoisotopic (exact) mass is 365 g/mol. The maximum atomic E-state index is 6.16. The molecule has 2 aromatic carbocycles. The fourth-order valence-electron chi connectivity index (χ4n) is 5.04. The van der Waals surface area contributed by atoms with Gasteiger partial charge in [-0.2, -0.15) is 0 Å². The molecule has 0 aliphatic carbocycles. The van der Waals surface area contributed by atoms with E-state index < -0.39 is 0 Å². The molecule has 0 spiro atoms. The zero-order valence-corrected chi connectivity index (χ0v) is 16.1. The molecule has 2 fully saturated rings. The molecular weight excluding hydrogens is 338 g/mol. The summed E-state index contributed by atoms with van der Waals surface area (Å²) in [5.74, 6) is 4.17. The minimum absolute atomic E-state index is 0.398. The Morgan fingerprint density at radius 2 is 1.54 bits per heavy atom. The van der Waals surface area contributed by atoms with Crippen molar-refractivity contribution in [1.82, 2.24) is 4.90 Å². The van der Waals surface area contributed by atoms with Gasteiger partial charge in [0.05, 0.1) is 5.25 Å². The van der Waals surface area contributed by atoms with Crippen LogP contribution >= 0.6 is 11.8 Å². The van der Waals surface area contributed by atoms with E-state index in [1.54, 1.807) is 0 Å². The van der Waals surface area contributed by atoms with Crippen LogP contribution < -0.4 is 4.74 Å². The van der Waals surface area contributed by atoms with Crippen molar-refractivity contribution in [2.75, 3.05) is 18.8 Å². The Bertz CT molecular complexity index is 729. The third kappa shape index (κ3) is 3.05. The van der Waals surface area contributed by atoms with Gasteiger partial charge in [0, 0.05) is 17.2 Å². The molecule has 3 heterocycles. The molecule has 3 aliphatic heterocycles. The number of benzene rings is 2. The minimum atomic E-state index is 0.398. The van der Waals surface area contributed by atoms with E-state index in [0.717, 1.165) is 23.5 Å². The molecule has 0 bridgehead atoms. The van der Waals surface area contributed by atoms with Gasteiger partial charge in [-0.1, -0.05) is 42.8 Å². The Labute approximate surface area is 160 Å². The summed E-state index contributed by atoms with van der Waals surface area (Å²) < 4.78 is 6.16. The second-order valence-corrected chi connectivity index (χ2v) is 9.03. The summed E-state index contributed by atoms with van der Waals surface area (Å²) >= 11 is 2.14. The molecule has 3 heteroatoms. The quantitative estimate of drug-likeness (QED) is 0.674. The van der Waals surface area contributed by atoms with Gasteiger partial charge in [-0.25, -0.2) is 0 Å². The Morgan fingerprint density at radius 1 is 0.846 bits per heavy atom. The van der Waals surface area contributed by atoms with E-state index >= 15 is 0 Å². The molecule has 0 unspecified atom stereocenters. The number of piperidine rings is 2. The van der Waals surface area contributed by atoms with E-state index in [1.165, 1.54) is 62.1 Å². The van der Waals surface area contributed by atoms with E-state index in [4.69, 9.17) is 4.74 Å². The fourth-order valence-corrected chi connectivity index (χ4v) is 6.61. The molecule has 2 atom stereocenters. The fraction of sp³-hybridized carbons (Fsp3) is 0.478. The Kier molecular flexibility index (Phi) is 4.68. The standard InChI is InChI=1S/C23H27NOS/c1-3-12-21-18(9-1)23(19-10-2-4-13-22(19)25-21)26-16-17-8-7-15-24-14-6-5-11-20(17)24/h1-4,9-10,12-13,17,20,23H,5-8,11,14-16H2/t17-,20+/m0/s1. The van der Waals surface area contributed by atoms with Gasteiger partial charge in [0.2, 0.25) is 0 Å². The zero-order chi connectivity index (χ0) is 17.3. The lowest BCUT2D eigenvalue weighted by Gasteiger charge is -2.44. The summed E-state index contributed by atoms with van der Waals surface area (Å²) in [7, 11) is 0. The maximum Gasteiger partial charge on any atom is 0.132 e. The number of hydrogen-bond acceptors (Lipinski definition) is 3. The van der Waals surface area contributed by atoms with E-state index in [2.05, 4.69) is 65.2 Å². The van der Waals surface area contributed by atoms with Gasteiger partial charge in [-0.3, -0.25) is 0 Å². The topological polar surface area (TPSA) is 12.5 Å². The molecule has 5 rings (SSSR count). The van der Waals surface area contributed by atoms with Crippen LogP contribution in [0.4, 0.5) is 0 Å². The second-order valence-electron chi connectivity index (χ2n) is 7.89. The summed E-state index contributed by atoms with van der Waals surface area (Å²) in [5.41, 5.74) is 2.68. The normalized spacial score (nSPS) is 25.7. The Hall–Kier alpha value is -1.45. The number of thioether (sulfide) groups is 1. The van der Waals surface area contributed by atoms with Gasteiger partial charge in [0.25, 0.3) is 0 Å². The van der Waals surface area contributed by atoms with Gasteiger partial charge < -0.3 is 9.64 Å². The van der Waals surface area contributed by atoms with Crippen LogP contribution in [0, 0.1) is 5.92 Å². The molecule has 0 N–H and O–H groups in total. The van der Waals surface area contributed by atoms with E-state index in [0.29, 0.717) is 5.25 Å². The summed E-state index contributed by atoms with van der Waals surface area (Å²) in [5, 5.41) is 0.398. The van der Waals surface area contributed by atoms with Crippen molar-refractivity contribution in [3.63, 3.8) is 0 Å². The predicted molar refractivity (Wildman–Crippen MR) is 109 cm³/mol. The summed E-state index contributed by atoms with van der Waals surface area (Å²) in [6.45, 7) is 2.66. The zero-order valence-electron chi connectivity index (χ0n) is 15.3. The Balaban J connectivity index is 1.38. The molecular formula is C23H27NOS. The highest BCUT2D eigenvalue weighted by Crippen LogP contribution is 2.50. The van der Waals surface area contributed by atoms with Crippen molar-refractivity contribution in [1.29, 1.82) is 0 Å². The molecule has 2 aromatic rings. The molecule has 2 saturated heterocycles. The van der Waals surface area contributed by atoms with Crippen LogP contribution in [-0.2, 0) is 0 Å². The van der Waals surface area contributed by atoms with Gasteiger partial charge in [-0.15, -0.1) is 11.8 Å². The smallest absolute Gasteiger partial charge is 0.132 e. The lowest BCUT2D eigenvalue weighted by atomic mass is 9.85. The number of fused-ring (bicyclic) bond motifs is 3. The summed E-state index contributed by atoms with van der Waals surface area (Å²) in [6, 6.07) is 18.0. The SMILES string of the molecule is c1ccc2c(c1)Oc1ccccc1C2SC[C@@H]1CCCN2CCCC[C@H]12. The van der Waals surface area contributed by atoms with E-state index in [-0.39, 0.29) is 0 Å². The van der Waals surface area contributed by atoms with Crippen LogP contribution in [0.25, 0.3) is 0 Å². The van der Waals surface area contributed by atoms with Crippen LogP contribution in [0.3, 0.4) is 0 Å². The van der Waals surface area contributed by atoms with Crippen LogP contribution in [0.5, 0.6) is 11.5 Å². The largest absolute Gasteiger partial charge is 0.457 e. The average molecular weight is 366 g/mol. The van der Waals surface area contributed by atoms with Crippen LogP contribution in [-0.4, -0.2) is 29.8 Å². The minimum Gasteiger partial charge on any atom is -0.457 e. The van der Waals surface area contributed by atoms with E-state index in [1.807, 2.05) is 0 Å². The second kappa shape index (κ2) is 7.28. The summed E-state index contributed by atoms with van der Waals surface area (Å²) in [6.07, 6.45) is 7.01. The molecule has 136 valence electrons. The van der Waals surface area contributed by atoms with Crippen molar-refractivity contribution in [3.05, 3.63) is 59.7 Å². The highest BCUT2D eigenvalue weighted by atomic mass is 32.2. The number of hydrogen-bond donors (Lipinski definition) is 0. The van der Waals surface area contributed by atoms with Crippen LogP contribution in [0.1, 0.15) is 48.5 Å². The first-order chi connectivity index (χ1) is 12.9. The first-order valence-corrected chi connectivity index (χ1v) is 11.2. The number of ether oxygens (including phenoxy) is 1. The highest BCUT2D eigenvalue weighted by Gasteiger charge is 2.34. The third-order valence-corrected chi connectivity index (χ3v) is 7.79. The van der Waals surface area contributed by atoms with Gasteiger partial charge in [0.1, 0.15) is 11.5 Å². The summed E-state index contributed by atoms with van der Waals surface area (Å²) in [4.78, 5) is 2.78. The van der Waals surface area contributed by atoms with Crippen molar-refractivity contribution >= 4 is 11.8 Å². The number of rotatable bonds is 3. The molecule has 26 heavy (non-hydrogen) atoms. The lowest BCUT2D eigenvalue weighted by Crippen LogP contribution is -2.48. The number of para-hydroxylation sites is 2. The molecule has 3 aliphatic rings. The average Bonchev–Trinajstić information content (AvgIpc) is 2.71. The predicted octanol–water partition coefficient (Wildman–Crippen LogP) is 5.88. The number of nitrogens with zero attached hydrogens (tertiary/aromatic N) is 1. The van der Waals surface area contributed by atoms with Crippen LogP contribution in [0.2, 0.25) is 0 Å². The van der Waals surface area contributed by atoms with E-state index in [9.17, 15) is 0 Å². The molecule has 0 radical (unpaired) electrons. The molecule has 0 saturated carbocycles. The molecule has 0 aromatic heterocycles.